The highest BCUT2D eigenvalue weighted by molar-refractivity contribution is 5.96. The van der Waals surface area contributed by atoms with Crippen LogP contribution < -0.4 is 4.74 Å². The van der Waals surface area contributed by atoms with Gasteiger partial charge in [0.1, 0.15) is 11.7 Å². The second-order valence-electron chi connectivity index (χ2n) is 7.59. The molecule has 2 N–H and O–H groups in total. The summed E-state index contributed by atoms with van der Waals surface area (Å²) in [4.78, 5) is 40.0. The molecule has 0 radical (unpaired) electrons. The second kappa shape index (κ2) is 10.7. The zero-order valence-corrected chi connectivity index (χ0v) is 17.5. The van der Waals surface area contributed by atoms with Gasteiger partial charge >= 0.3 is 11.9 Å². The number of ether oxygens (including phenoxy) is 1. The lowest BCUT2D eigenvalue weighted by Crippen LogP contribution is -2.39. The topological polar surface area (TPSA) is 120 Å². The summed E-state index contributed by atoms with van der Waals surface area (Å²) < 4.78 is 6.03. The van der Waals surface area contributed by atoms with Crippen LogP contribution in [0.4, 0.5) is 0 Å². The molecular formula is C21H29N3O6. The van der Waals surface area contributed by atoms with E-state index in [4.69, 9.17) is 14.9 Å². The Kier molecular flexibility index (Phi) is 8.35. The zero-order valence-electron chi connectivity index (χ0n) is 17.5. The quantitative estimate of drug-likeness (QED) is 0.694. The number of aliphatic carboxylic acids is 2. The van der Waals surface area contributed by atoms with Gasteiger partial charge in [0.2, 0.25) is 5.88 Å². The van der Waals surface area contributed by atoms with Crippen molar-refractivity contribution in [3.05, 3.63) is 36.0 Å². The Balaban J connectivity index is 0.000000343. The summed E-state index contributed by atoms with van der Waals surface area (Å²) in [7, 11) is 1.84. The summed E-state index contributed by atoms with van der Waals surface area (Å²) in [6.07, 6.45) is 6.27. The van der Waals surface area contributed by atoms with Crippen LogP contribution in [-0.2, 0) is 9.59 Å². The average molecular weight is 419 g/mol. The second-order valence-corrected chi connectivity index (χ2v) is 7.59. The van der Waals surface area contributed by atoms with Crippen molar-refractivity contribution < 1.29 is 29.3 Å². The third kappa shape index (κ3) is 6.55. The number of pyridine rings is 1. The maximum atomic E-state index is 12.3. The van der Waals surface area contributed by atoms with Crippen molar-refractivity contribution in [2.24, 2.45) is 0 Å². The Bertz CT molecular complexity index is 771. The van der Waals surface area contributed by atoms with Gasteiger partial charge in [-0.05, 0) is 45.2 Å². The van der Waals surface area contributed by atoms with Gasteiger partial charge in [-0.3, -0.25) is 9.69 Å². The molecule has 2 aliphatic heterocycles. The molecule has 2 aliphatic rings. The van der Waals surface area contributed by atoms with E-state index < -0.39 is 11.9 Å². The zero-order chi connectivity index (χ0) is 22.3. The number of hydrogen-bond acceptors (Lipinski definition) is 6. The molecule has 0 saturated carbocycles. The van der Waals surface area contributed by atoms with E-state index in [-0.39, 0.29) is 12.0 Å². The third-order valence-electron chi connectivity index (χ3n) is 5.32. The lowest BCUT2D eigenvalue weighted by atomic mass is 10.2. The number of carbonyl (C=O) groups excluding carboxylic acids is 1. The number of nitrogens with zero attached hydrogens (tertiary/aromatic N) is 3. The van der Waals surface area contributed by atoms with Crippen molar-refractivity contribution in [3.8, 4) is 5.88 Å². The Morgan fingerprint density at radius 1 is 1.20 bits per heavy atom. The Hall–Kier alpha value is -2.94. The number of hydrogen-bond donors (Lipinski definition) is 2. The van der Waals surface area contributed by atoms with Gasteiger partial charge in [0, 0.05) is 44.0 Å². The molecule has 9 heteroatoms. The molecule has 0 spiro atoms. The molecule has 3 unspecified atom stereocenters. The molecule has 0 aromatic carbocycles. The van der Waals surface area contributed by atoms with Gasteiger partial charge in [-0.15, -0.1) is 0 Å². The van der Waals surface area contributed by atoms with Gasteiger partial charge in [-0.25, -0.2) is 14.6 Å². The molecule has 3 rings (SSSR count). The van der Waals surface area contributed by atoms with Crippen LogP contribution in [0.2, 0.25) is 0 Å². The first-order chi connectivity index (χ1) is 14.2. The van der Waals surface area contributed by atoms with Crippen LogP contribution in [0.1, 0.15) is 43.5 Å². The SMILES string of the molecule is CC1CCC(C)N1CCC1CN(C)C(=O)c2cccnc2O1.O=C(O)/C=C/C(=O)O. The van der Waals surface area contributed by atoms with Gasteiger partial charge in [0.15, 0.2) is 0 Å². The summed E-state index contributed by atoms with van der Waals surface area (Å²) in [5.74, 6) is -2.04. The molecule has 1 amide bonds. The van der Waals surface area contributed by atoms with Crippen molar-refractivity contribution in [2.45, 2.75) is 51.3 Å². The number of likely N-dealkylation sites (N-methyl/N-ethyl adjacent to an activating group) is 1. The number of carboxylic acid groups (broad SMARTS) is 2. The van der Waals surface area contributed by atoms with Crippen molar-refractivity contribution in [3.63, 3.8) is 0 Å². The number of carbonyl (C=O) groups is 3. The van der Waals surface area contributed by atoms with Crippen LogP contribution in [0.15, 0.2) is 30.5 Å². The molecule has 1 fully saturated rings. The average Bonchev–Trinajstić information content (AvgIpc) is 2.95. The fourth-order valence-corrected chi connectivity index (χ4v) is 3.71. The van der Waals surface area contributed by atoms with Gasteiger partial charge in [0.25, 0.3) is 5.91 Å². The fraction of sp³-hybridized carbons (Fsp3) is 0.524. The predicted octanol–water partition coefficient (Wildman–Crippen LogP) is 1.89. The first-order valence-corrected chi connectivity index (χ1v) is 9.95. The first kappa shape index (κ1) is 23.3. The maximum Gasteiger partial charge on any atom is 0.328 e. The highest BCUT2D eigenvalue weighted by atomic mass is 16.5. The number of carboxylic acids is 2. The lowest BCUT2D eigenvalue weighted by molar-refractivity contribution is -0.134. The van der Waals surface area contributed by atoms with Crippen molar-refractivity contribution >= 4 is 17.8 Å². The molecule has 0 aliphatic carbocycles. The molecular weight excluding hydrogens is 390 g/mol. The van der Waals surface area contributed by atoms with Crippen LogP contribution in [0.25, 0.3) is 0 Å². The first-order valence-electron chi connectivity index (χ1n) is 9.95. The fourth-order valence-electron chi connectivity index (χ4n) is 3.71. The minimum absolute atomic E-state index is 0.00472. The smallest absolute Gasteiger partial charge is 0.328 e. The summed E-state index contributed by atoms with van der Waals surface area (Å²) in [6, 6.07) is 4.85. The van der Waals surface area contributed by atoms with Crippen LogP contribution >= 0.6 is 0 Å². The molecule has 30 heavy (non-hydrogen) atoms. The number of rotatable bonds is 5. The largest absolute Gasteiger partial charge is 0.478 e. The van der Waals surface area contributed by atoms with E-state index >= 15 is 0 Å². The molecule has 164 valence electrons. The van der Waals surface area contributed by atoms with Crippen molar-refractivity contribution in [1.29, 1.82) is 0 Å². The van der Waals surface area contributed by atoms with Crippen LogP contribution in [-0.4, -0.2) is 81.2 Å². The lowest BCUT2D eigenvalue weighted by Gasteiger charge is -2.28. The monoisotopic (exact) mass is 419 g/mol. The molecule has 1 saturated heterocycles. The Labute approximate surface area is 176 Å². The molecule has 9 nitrogen and oxygen atoms in total. The Morgan fingerprint density at radius 3 is 2.37 bits per heavy atom. The minimum Gasteiger partial charge on any atom is -0.478 e. The number of fused-ring (bicyclic) bond motifs is 1. The summed E-state index contributed by atoms with van der Waals surface area (Å²) >= 11 is 0. The van der Waals surface area contributed by atoms with E-state index in [1.807, 2.05) is 7.05 Å². The van der Waals surface area contributed by atoms with Gasteiger partial charge in [-0.2, -0.15) is 0 Å². The molecule has 3 heterocycles. The summed E-state index contributed by atoms with van der Waals surface area (Å²) in [5, 5.41) is 15.6. The Morgan fingerprint density at radius 2 is 1.80 bits per heavy atom. The van der Waals surface area contributed by atoms with Crippen molar-refractivity contribution in [2.75, 3.05) is 20.1 Å². The van der Waals surface area contributed by atoms with Crippen LogP contribution in [0.5, 0.6) is 5.88 Å². The van der Waals surface area contributed by atoms with Gasteiger partial charge < -0.3 is 19.8 Å². The van der Waals surface area contributed by atoms with E-state index in [9.17, 15) is 14.4 Å². The summed E-state index contributed by atoms with van der Waals surface area (Å²) in [5.41, 5.74) is 0.565. The molecule has 1 aromatic rings. The number of amides is 1. The van der Waals surface area contributed by atoms with E-state index in [0.29, 0.717) is 42.2 Å². The standard InChI is InChI=1S/C17H25N3O2.C4H4O4/c1-12-6-7-13(2)20(12)10-8-14-11-19(3)17(21)15-5-4-9-18-16(15)22-14;5-3(6)1-2-4(7)8/h4-5,9,12-14H,6-8,10-11H2,1-3H3;1-2H,(H,5,6)(H,7,8)/b;2-1+. The molecule has 0 bridgehead atoms. The summed E-state index contributed by atoms with van der Waals surface area (Å²) in [6.45, 7) is 6.22. The van der Waals surface area contributed by atoms with E-state index in [1.165, 1.54) is 12.8 Å². The maximum absolute atomic E-state index is 12.3. The van der Waals surface area contributed by atoms with Gasteiger partial charge in [0.05, 0.1) is 6.54 Å². The predicted molar refractivity (Wildman–Crippen MR) is 110 cm³/mol. The van der Waals surface area contributed by atoms with E-state index in [2.05, 4.69) is 23.7 Å². The highest BCUT2D eigenvalue weighted by Crippen LogP contribution is 2.26. The van der Waals surface area contributed by atoms with Crippen molar-refractivity contribution in [1.82, 2.24) is 14.8 Å². The van der Waals surface area contributed by atoms with Crippen LogP contribution in [0, 0.1) is 0 Å². The molecule has 1 aromatic heterocycles. The number of aromatic nitrogens is 1. The van der Waals surface area contributed by atoms with E-state index in [1.54, 1.807) is 23.2 Å². The normalized spacial score (nSPS) is 23.9. The third-order valence-corrected chi connectivity index (χ3v) is 5.32. The number of likely N-dealkylation sites (tertiary alicyclic amines) is 1. The highest BCUT2D eigenvalue weighted by Gasteiger charge is 2.30. The van der Waals surface area contributed by atoms with E-state index in [0.717, 1.165) is 13.0 Å². The molecule has 3 atom stereocenters. The van der Waals surface area contributed by atoms with Crippen LogP contribution in [0.3, 0.4) is 0 Å². The van der Waals surface area contributed by atoms with Gasteiger partial charge in [-0.1, -0.05) is 0 Å². The minimum atomic E-state index is -1.26.